The van der Waals surface area contributed by atoms with E-state index in [-0.39, 0.29) is 5.91 Å². The molecule has 0 spiro atoms. The number of unbranched alkanes of at least 4 members (excludes halogenated alkanes) is 11. The maximum atomic E-state index is 10.7. The van der Waals surface area contributed by atoms with E-state index in [9.17, 15) is 9.59 Å². The summed E-state index contributed by atoms with van der Waals surface area (Å²) in [7, 11) is 3.55. The fourth-order valence-corrected chi connectivity index (χ4v) is 3.03. The number of carbonyl (C=O) groups is 2. The van der Waals surface area contributed by atoms with Crippen LogP contribution in [-0.4, -0.2) is 41.5 Å². The Morgan fingerprint density at radius 2 is 1.27 bits per heavy atom. The van der Waals surface area contributed by atoms with Crippen LogP contribution in [0.15, 0.2) is 12.2 Å². The zero-order valence-corrected chi connectivity index (χ0v) is 20.5. The Balaban J connectivity index is 0. The number of nitrogens with two attached hydrogens (primary N) is 1. The minimum Gasteiger partial charge on any atom is -0.480 e. The first kappa shape index (κ1) is 30.8. The number of allylic oxidation sites excluding steroid dienone is 2. The van der Waals surface area contributed by atoms with Crippen LogP contribution >= 0.6 is 0 Å². The molecule has 0 radical (unpaired) electrons. The molecule has 0 aliphatic heterocycles. The topological polar surface area (TPSA) is 83.6 Å². The summed E-state index contributed by atoms with van der Waals surface area (Å²) in [6.07, 6.45) is 22.5. The number of carbonyl (C=O) groups excluding carboxylic acids is 1. The van der Waals surface area contributed by atoms with Gasteiger partial charge in [-0.05, 0) is 59.5 Å². The number of primary amides is 1. The number of aliphatic carboxylic acids is 1. The normalized spacial score (nSPS) is 13.1. The van der Waals surface area contributed by atoms with Crippen molar-refractivity contribution in [2.24, 2.45) is 5.73 Å². The van der Waals surface area contributed by atoms with Crippen molar-refractivity contribution in [2.45, 2.75) is 123 Å². The molecular weight excluding hydrogens is 376 g/mol. The van der Waals surface area contributed by atoms with E-state index >= 15 is 0 Å². The Morgan fingerprint density at radius 1 is 0.833 bits per heavy atom. The predicted molar refractivity (Wildman–Crippen MR) is 129 cm³/mol. The Kier molecular flexibility index (Phi) is 21.5. The molecule has 0 bridgehead atoms. The second-order valence-corrected chi connectivity index (χ2v) is 8.63. The van der Waals surface area contributed by atoms with Crippen molar-refractivity contribution in [2.75, 3.05) is 14.1 Å². The van der Waals surface area contributed by atoms with Crippen LogP contribution in [0.5, 0.6) is 0 Å². The van der Waals surface area contributed by atoms with Crippen LogP contribution in [-0.2, 0) is 9.59 Å². The average Bonchev–Trinajstić information content (AvgIpc) is 2.70. The van der Waals surface area contributed by atoms with Crippen LogP contribution in [0.3, 0.4) is 0 Å². The number of rotatable bonds is 18. The fourth-order valence-electron chi connectivity index (χ4n) is 3.03. The number of carboxylic acids is 1. The Bertz CT molecular complexity index is 450. The summed E-state index contributed by atoms with van der Waals surface area (Å²) in [4.78, 5) is 22.9. The molecule has 0 rings (SSSR count). The van der Waals surface area contributed by atoms with Crippen molar-refractivity contribution >= 4 is 11.9 Å². The largest absolute Gasteiger partial charge is 0.480 e. The maximum Gasteiger partial charge on any atom is 0.323 e. The molecule has 0 aliphatic carbocycles. The Labute approximate surface area is 186 Å². The first-order valence-electron chi connectivity index (χ1n) is 12.1. The van der Waals surface area contributed by atoms with E-state index in [1.165, 1.54) is 70.6 Å². The third kappa shape index (κ3) is 18.7. The second-order valence-electron chi connectivity index (χ2n) is 8.63. The van der Waals surface area contributed by atoms with E-state index in [0.29, 0.717) is 12.8 Å². The molecule has 0 aromatic rings. The highest BCUT2D eigenvalue weighted by atomic mass is 16.4. The standard InChI is InChI=1S/C18H35NO.C7H15NO2/c1-2-3-4-5-6-7-8-9-10-11-12-13-14-15-16-17-18(19)20;1-5-7(2,6(9)10)8(3)4/h9-10H,2-8,11-17H2,1H3,(H2,19,20);5H2,1-4H3,(H,9,10)/b10-9-;. The third-order valence-electron chi connectivity index (χ3n) is 5.82. The summed E-state index contributed by atoms with van der Waals surface area (Å²) >= 11 is 0. The van der Waals surface area contributed by atoms with E-state index in [1.807, 2.05) is 6.92 Å². The summed E-state index contributed by atoms with van der Waals surface area (Å²) in [5.41, 5.74) is 4.39. The molecule has 0 aliphatic rings. The molecule has 0 fully saturated rings. The summed E-state index contributed by atoms with van der Waals surface area (Å²) < 4.78 is 0. The monoisotopic (exact) mass is 426 g/mol. The minimum atomic E-state index is -0.764. The second kappa shape index (κ2) is 20.9. The molecule has 178 valence electrons. The van der Waals surface area contributed by atoms with E-state index in [2.05, 4.69) is 19.1 Å². The summed E-state index contributed by atoms with van der Waals surface area (Å²) in [5.74, 6) is -0.928. The first-order valence-corrected chi connectivity index (χ1v) is 12.1. The van der Waals surface area contributed by atoms with Crippen LogP contribution < -0.4 is 5.73 Å². The Morgan fingerprint density at radius 3 is 1.60 bits per heavy atom. The van der Waals surface area contributed by atoms with Gasteiger partial charge < -0.3 is 10.8 Å². The van der Waals surface area contributed by atoms with Gasteiger partial charge in [-0.3, -0.25) is 14.5 Å². The number of likely N-dealkylation sites (N-methyl/N-ethyl adjacent to an activating group) is 1. The lowest BCUT2D eigenvalue weighted by atomic mass is 9.98. The van der Waals surface area contributed by atoms with Gasteiger partial charge in [0.25, 0.3) is 0 Å². The minimum absolute atomic E-state index is 0.164. The molecule has 1 unspecified atom stereocenters. The van der Waals surface area contributed by atoms with E-state index in [0.717, 1.165) is 12.8 Å². The van der Waals surface area contributed by atoms with Gasteiger partial charge in [0.05, 0.1) is 0 Å². The van der Waals surface area contributed by atoms with Crippen LogP contribution in [0.4, 0.5) is 0 Å². The average molecular weight is 427 g/mol. The molecule has 1 atom stereocenters. The lowest BCUT2D eigenvalue weighted by Gasteiger charge is -2.30. The molecule has 30 heavy (non-hydrogen) atoms. The number of nitrogens with zero attached hydrogens (tertiary/aromatic N) is 1. The van der Waals surface area contributed by atoms with Gasteiger partial charge in [-0.25, -0.2) is 0 Å². The smallest absolute Gasteiger partial charge is 0.323 e. The Hall–Kier alpha value is -1.36. The van der Waals surface area contributed by atoms with Gasteiger partial charge in [0.1, 0.15) is 5.54 Å². The van der Waals surface area contributed by atoms with E-state index in [4.69, 9.17) is 10.8 Å². The molecule has 0 saturated carbocycles. The van der Waals surface area contributed by atoms with E-state index in [1.54, 1.807) is 25.9 Å². The zero-order valence-electron chi connectivity index (χ0n) is 20.5. The van der Waals surface area contributed by atoms with Gasteiger partial charge in [0.2, 0.25) is 5.91 Å². The fraction of sp³-hybridized carbons (Fsp3) is 0.840. The van der Waals surface area contributed by atoms with Crippen molar-refractivity contribution in [3.63, 3.8) is 0 Å². The molecule has 0 aromatic heterocycles. The van der Waals surface area contributed by atoms with Crippen molar-refractivity contribution in [1.82, 2.24) is 4.90 Å². The highest BCUT2D eigenvalue weighted by Crippen LogP contribution is 2.15. The molecule has 5 nitrogen and oxygen atoms in total. The number of carboxylic acid groups (broad SMARTS) is 1. The van der Waals surface area contributed by atoms with Crippen LogP contribution in [0.2, 0.25) is 0 Å². The predicted octanol–water partition coefficient (Wildman–Crippen LogP) is 6.31. The van der Waals surface area contributed by atoms with Gasteiger partial charge in [0.15, 0.2) is 0 Å². The summed E-state index contributed by atoms with van der Waals surface area (Å²) in [6.45, 7) is 5.85. The third-order valence-corrected chi connectivity index (χ3v) is 5.82. The molecule has 3 N–H and O–H groups in total. The van der Waals surface area contributed by atoms with Crippen molar-refractivity contribution < 1.29 is 14.7 Å². The van der Waals surface area contributed by atoms with Crippen molar-refractivity contribution in [3.8, 4) is 0 Å². The first-order chi connectivity index (χ1) is 14.2. The van der Waals surface area contributed by atoms with Crippen molar-refractivity contribution in [3.05, 3.63) is 12.2 Å². The van der Waals surface area contributed by atoms with Gasteiger partial charge in [-0.1, -0.05) is 77.4 Å². The lowest BCUT2D eigenvalue weighted by Crippen LogP contribution is -2.47. The SMILES string of the molecule is CCC(C)(C(=O)O)N(C)C.CCCCCCCC/C=C\CCCCCCCC(N)=O. The lowest BCUT2D eigenvalue weighted by molar-refractivity contribution is -0.149. The van der Waals surface area contributed by atoms with Gasteiger partial charge in [-0.15, -0.1) is 0 Å². The number of hydrogen-bond acceptors (Lipinski definition) is 3. The van der Waals surface area contributed by atoms with Gasteiger partial charge in [-0.2, -0.15) is 0 Å². The van der Waals surface area contributed by atoms with Crippen LogP contribution in [0, 0.1) is 0 Å². The quantitative estimate of drug-likeness (QED) is 0.199. The summed E-state index contributed by atoms with van der Waals surface area (Å²) in [5, 5.41) is 8.76. The molecule has 0 heterocycles. The molecule has 0 aromatic carbocycles. The van der Waals surface area contributed by atoms with Crippen LogP contribution in [0.25, 0.3) is 0 Å². The number of hydrogen-bond donors (Lipinski definition) is 2. The number of amides is 1. The van der Waals surface area contributed by atoms with E-state index < -0.39 is 11.5 Å². The molecule has 5 heteroatoms. The molecule has 1 amide bonds. The van der Waals surface area contributed by atoms with Crippen molar-refractivity contribution in [1.29, 1.82) is 0 Å². The highest BCUT2D eigenvalue weighted by molar-refractivity contribution is 5.78. The molecular formula is C25H50N2O3. The highest BCUT2D eigenvalue weighted by Gasteiger charge is 2.32. The van der Waals surface area contributed by atoms with Crippen LogP contribution in [0.1, 0.15) is 117 Å². The maximum absolute atomic E-state index is 10.7. The molecule has 0 saturated heterocycles. The van der Waals surface area contributed by atoms with Gasteiger partial charge >= 0.3 is 5.97 Å². The summed E-state index contributed by atoms with van der Waals surface area (Å²) in [6, 6.07) is 0. The zero-order chi connectivity index (χ0) is 23.3. The van der Waals surface area contributed by atoms with Gasteiger partial charge in [0, 0.05) is 6.42 Å².